The van der Waals surface area contributed by atoms with E-state index in [4.69, 9.17) is 0 Å². The Morgan fingerprint density at radius 2 is 1.95 bits per heavy atom. The summed E-state index contributed by atoms with van der Waals surface area (Å²) in [6.07, 6.45) is 6.06. The van der Waals surface area contributed by atoms with Gasteiger partial charge in [-0.05, 0) is 43.0 Å². The highest BCUT2D eigenvalue weighted by molar-refractivity contribution is 9.10. The molecule has 0 saturated carbocycles. The summed E-state index contributed by atoms with van der Waals surface area (Å²) in [5, 5.41) is 0. The van der Waals surface area contributed by atoms with Gasteiger partial charge < -0.3 is 0 Å². The average molecular weight is 384 g/mol. The van der Waals surface area contributed by atoms with Crippen LogP contribution in [0.3, 0.4) is 0 Å². The van der Waals surface area contributed by atoms with Crippen molar-refractivity contribution in [2.75, 3.05) is 18.6 Å². The van der Waals surface area contributed by atoms with E-state index in [1.165, 1.54) is 12.1 Å². The second-order valence-electron chi connectivity index (χ2n) is 4.38. The smallest absolute Gasteiger partial charge is 0.211 e. The molecule has 114 valence electrons. The van der Waals surface area contributed by atoms with Gasteiger partial charge in [0.05, 0.1) is 0 Å². The van der Waals surface area contributed by atoms with Crippen LogP contribution in [0, 0.1) is 5.82 Å². The number of rotatable bonds is 9. The van der Waals surface area contributed by atoms with Crippen molar-refractivity contribution < 1.29 is 12.8 Å². The third-order valence-electron chi connectivity index (χ3n) is 2.75. The summed E-state index contributed by atoms with van der Waals surface area (Å²) in [5.74, 6) is 0.391. The highest BCUT2D eigenvalue weighted by Gasteiger charge is 2.18. The van der Waals surface area contributed by atoms with Gasteiger partial charge in [-0.25, -0.2) is 17.5 Å². The fourth-order valence-electron chi connectivity index (χ4n) is 1.70. The number of hydrogen-bond donors (Lipinski definition) is 1. The Hall–Kier alpha value is -0.110. The third-order valence-corrected chi connectivity index (χ3v) is 5.44. The van der Waals surface area contributed by atoms with Crippen LogP contribution in [-0.4, -0.2) is 27.0 Å². The van der Waals surface area contributed by atoms with E-state index in [2.05, 4.69) is 26.9 Å². The van der Waals surface area contributed by atoms with Crippen LogP contribution in [0.15, 0.2) is 27.6 Å². The second kappa shape index (κ2) is 9.02. The molecule has 0 saturated heterocycles. The molecule has 0 heterocycles. The average Bonchev–Trinajstić information content (AvgIpc) is 2.37. The first-order chi connectivity index (χ1) is 9.47. The van der Waals surface area contributed by atoms with Gasteiger partial charge in [0, 0.05) is 11.0 Å². The predicted octanol–water partition coefficient (Wildman–Crippen LogP) is 3.79. The number of halogens is 2. The molecule has 0 aliphatic heterocycles. The van der Waals surface area contributed by atoms with Crippen molar-refractivity contribution >= 4 is 37.7 Å². The van der Waals surface area contributed by atoms with E-state index < -0.39 is 15.8 Å². The van der Waals surface area contributed by atoms with Crippen molar-refractivity contribution in [3.63, 3.8) is 0 Å². The van der Waals surface area contributed by atoms with Crippen molar-refractivity contribution in [3.05, 3.63) is 28.5 Å². The normalized spacial score (nSPS) is 11.8. The van der Waals surface area contributed by atoms with Crippen molar-refractivity contribution in [2.24, 2.45) is 0 Å². The van der Waals surface area contributed by atoms with Gasteiger partial charge >= 0.3 is 0 Å². The maximum Gasteiger partial charge on any atom is 0.243 e. The topological polar surface area (TPSA) is 46.2 Å². The molecule has 0 bridgehead atoms. The van der Waals surface area contributed by atoms with E-state index in [0.29, 0.717) is 11.0 Å². The number of benzene rings is 1. The number of nitrogens with one attached hydrogen (secondary N) is 1. The van der Waals surface area contributed by atoms with Crippen molar-refractivity contribution in [3.8, 4) is 0 Å². The van der Waals surface area contributed by atoms with E-state index in [1.807, 2.05) is 11.8 Å². The van der Waals surface area contributed by atoms with Crippen LogP contribution in [0.4, 0.5) is 4.39 Å². The highest BCUT2D eigenvalue weighted by atomic mass is 79.9. The quantitative estimate of drug-likeness (QED) is 0.659. The summed E-state index contributed by atoms with van der Waals surface area (Å²) in [6.45, 7) is 0.344. The van der Waals surface area contributed by atoms with E-state index in [1.54, 1.807) is 0 Å². The monoisotopic (exact) mass is 383 g/mol. The van der Waals surface area contributed by atoms with Gasteiger partial charge in [0.15, 0.2) is 0 Å². The SMILES string of the molecule is CSCCCCCCNS(=O)(=O)c1ccc(Br)cc1F. The zero-order valence-electron chi connectivity index (χ0n) is 11.4. The van der Waals surface area contributed by atoms with Crippen LogP contribution in [0.5, 0.6) is 0 Å². The van der Waals surface area contributed by atoms with Gasteiger partial charge in [-0.2, -0.15) is 11.8 Å². The number of thioether (sulfide) groups is 1. The van der Waals surface area contributed by atoms with Crippen LogP contribution in [0.25, 0.3) is 0 Å². The third kappa shape index (κ3) is 6.11. The molecule has 3 nitrogen and oxygen atoms in total. The van der Waals surface area contributed by atoms with Crippen LogP contribution >= 0.6 is 27.7 Å². The molecule has 0 atom stereocenters. The molecule has 0 aliphatic carbocycles. The Morgan fingerprint density at radius 1 is 1.25 bits per heavy atom. The molecule has 0 spiro atoms. The van der Waals surface area contributed by atoms with E-state index in [0.717, 1.165) is 37.5 Å². The molecular weight excluding hydrogens is 365 g/mol. The minimum atomic E-state index is -3.76. The zero-order chi connectivity index (χ0) is 15.0. The van der Waals surface area contributed by atoms with Gasteiger partial charge in [0.1, 0.15) is 10.7 Å². The van der Waals surface area contributed by atoms with Gasteiger partial charge in [0.2, 0.25) is 10.0 Å². The lowest BCUT2D eigenvalue weighted by Gasteiger charge is -2.08. The minimum absolute atomic E-state index is 0.303. The highest BCUT2D eigenvalue weighted by Crippen LogP contribution is 2.19. The first-order valence-corrected chi connectivity index (χ1v) is 10.1. The summed E-state index contributed by atoms with van der Waals surface area (Å²) in [4.78, 5) is -0.303. The Labute approximate surface area is 132 Å². The maximum absolute atomic E-state index is 13.6. The fourth-order valence-corrected chi connectivity index (χ4v) is 3.66. The van der Waals surface area contributed by atoms with Crippen LogP contribution in [0.2, 0.25) is 0 Å². The Balaban J connectivity index is 2.42. The molecule has 1 aromatic carbocycles. The number of sulfonamides is 1. The Morgan fingerprint density at radius 3 is 2.60 bits per heavy atom. The van der Waals surface area contributed by atoms with Gasteiger partial charge in [-0.3, -0.25) is 0 Å². The first-order valence-electron chi connectivity index (χ1n) is 6.41. The summed E-state index contributed by atoms with van der Waals surface area (Å²) in [6, 6.07) is 3.93. The molecule has 0 aromatic heterocycles. The molecule has 0 aliphatic rings. The zero-order valence-corrected chi connectivity index (χ0v) is 14.6. The molecule has 7 heteroatoms. The maximum atomic E-state index is 13.6. The molecule has 1 N–H and O–H groups in total. The lowest BCUT2D eigenvalue weighted by atomic mass is 10.2. The fraction of sp³-hybridized carbons (Fsp3) is 0.538. The second-order valence-corrected chi connectivity index (χ2v) is 8.02. The van der Waals surface area contributed by atoms with Crippen molar-refractivity contribution in [1.29, 1.82) is 0 Å². The summed E-state index contributed by atoms with van der Waals surface area (Å²) >= 11 is 4.91. The standard InChI is InChI=1S/C13H19BrFNO2S2/c1-19-9-5-3-2-4-8-16-20(17,18)13-7-6-11(14)10-12(13)15/h6-7,10,16H,2-5,8-9H2,1H3. The van der Waals surface area contributed by atoms with Crippen molar-refractivity contribution in [2.45, 2.75) is 30.6 Å². The summed E-state index contributed by atoms with van der Waals surface area (Å²) < 4.78 is 40.4. The molecule has 1 aromatic rings. The van der Waals surface area contributed by atoms with E-state index >= 15 is 0 Å². The molecule has 20 heavy (non-hydrogen) atoms. The number of hydrogen-bond acceptors (Lipinski definition) is 3. The number of unbranched alkanes of at least 4 members (excludes halogenated alkanes) is 3. The Bertz CT molecular complexity index is 523. The van der Waals surface area contributed by atoms with Crippen LogP contribution in [-0.2, 0) is 10.0 Å². The molecule has 0 fully saturated rings. The van der Waals surface area contributed by atoms with Crippen molar-refractivity contribution in [1.82, 2.24) is 4.72 Å². The first kappa shape index (κ1) is 17.9. The minimum Gasteiger partial charge on any atom is -0.211 e. The summed E-state index contributed by atoms with van der Waals surface area (Å²) in [5.41, 5.74) is 0. The van der Waals surface area contributed by atoms with E-state index in [9.17, 15) is 12.8 Å². The lowest BCUT2D eigenvalue weighted by molar-refractivity contribution is 0.552. The van der Waals surface area contributed by atoms with Crippen LogP contribution < -0.4 is 4.72 Å². The van der Waals surface area contributed by atoms with Gasteiger partial charge in [-0.1, -0.05) is 28.8 Å². The lowest BCUT2D eigenvalue weighted by Crippen LogP contribution is -2.25. The van der Waals surface area contributed by atoms with E-state index in [-0.39, 0.29) is 4.90 Å². The van der Waals surface area contributed by atoms with Gasteiger partial charge in [-0.15, -0.1) is 0 Å². The largest absolute Gasteiger partial charge is 0.243 e. The molecular formula is C13H19BrFNO2S2. The molecule has 0 unspecified atom stereocenters. The Kier molecular flexibility index (Phi) is 8.09. The van der Waals surface area contributed by atoms with Gasteiger partial charge in [0.25, 0.3) is 0 Å². The predicted molar refractivity (Wildman–Crippen MR) is 86.1 cm³/mol. The summed E-state index contributed by atoms with van der Waals surface area (Å²) in [7, 11) is -3.76. The van der Waals surface area contributed by atoms with Crippen LogP contribution in [0.1, 0.15) is 25.7 Å². The molecule has 0 amide bonds. The molecule has 1 rings (SSSR count). The molecule has 0 radical (unpaired) electrons.